The van der Waals surface area contributed by atoms with Crippen LogP contribution >= 0.6 is 0 Å². The van der Waals surface area contributed by atoms with Gasteiger partial charge in [0.05, 0.1) is 0 Å². The molecule has 1 rings (SSSR count). The molecule has 20 heavy (non-hydrogen) atoms. The smallest absolute Gasteiger partial charge is 0.267 e. The molecule has 0 aliphatic carbocycles. The van der Waals surface area contributed by atoms with Crippen molar-refractivity contribution in [3.63, 3.8) is 0 Å². The van der Waals surface area contributed by atoms with Gasteiger partial charge >= 0.3 is 0 Å². The molecular weight excluding hydrogens is 254 g/mol. The van der Waals surface area contributed by atoms with E-state index in [0.717, 1.165) is 25.8 Å². The van der Waals surface area contributed by atoms with Gasteiger partial charge in [0.2, 0.25) is 0 Å². The third-order valence-electron chi connectivity index (χ3n) is 2.66. The second kappa shape index (κ2) is 8.59. The van der Waals surface area contributed by atoms with Crippen molar-refractivity contribution in [3.05, 3.63) is 36.0 Å². The first-order valence-corrected chi connectivity index (χ1v) is 6.61. The second-order valence-corrected chi connectivity index (χ2v) is 4.33. The summed E-state index contributed by atoms with van der Waals surface area (Å²) in [4.78, 5) is 11.8. The summed E-state index contributed by atoms with van der Waals surface area (Å²) in [6, 6.07) is 7.93. The molecule has 1 amide bonds. The molecule has 0 heterocycles. The number of nitrogens with zero attached hydrogens (tertiary/aromatic N) is 1. The van der Waals surface area contributed by atoms with Crippen molar-refractivity contribution >= 4 is 11.6 Å². The van der Waals surface area contributed by atoms with Gasteiger partial charge in [0.25, 0.3) is 5.91 Å². The number of unbranched alkanes of at least 4 members (excludes halogenated alkanes) is 2. The fraction of sp³-hybridized carbons (Fsp3) is 0.333. The van der Waals surface area contributed by atoms with Crippen LogP contribution in [-0.2, 0) is 4.79 Å². The first-order valence-electron chi connectivity index (χ1n) is 6.61. The van der Waals surface area contributed by atoms with E-state index in [2.05, 4.69) is 17.6 Å². The minimum atomic E-state index is -0.471. The van der Waals surface area contributed by atoms with Crippen molar-refractivity contribution in [1.29, 1.82) is 5.26 Å². The minimum Gasteiger partial charge on any atom is -0.508 e. The molecule has 0 atom stereocenters. The summed E-state index contributed by atoms with van der Waals surface area (Å²) in [5, 5.41) is 23.7. The quantitative estimate of drug-likeness (QED) is 0.308. The Balaban J connectivity index is 2.52. The lowest BCUT2D eigenvalue weighted by Gasteiger charge is -2.05. The summed E-state index contributed by atoms with van der Waals surface area (Å²) in [5.74, 6) is -0.349. The van der Waals surface area contributed by atoms with Crippen LogP contribution in [0.3, 0.4) is 0 Å². The van der Waals surface area contributed by atoms with Crippen LogP contribution in [0.4, 0.5) is 5.69 Å². The van der Waals surface area contributed by atoms with Crippen molar-refractivity contribution < 1.29 is 9.90 Å². The van der Waals surface area contributed by atoms with Crippen molar-refractivity contribution in [2.75, 3.05) is 11.9 Å². The van der Waals surface area contributed by atoms with Gasteiger partial charge in [-0.05, 0) is 30.7 Å². The Bertz CT molecular complexity index is 501. The minimum absolute atomic E-state index is 0.0228. The highest BCUT2D eigenvalue weighted by molar-refractivity contribution is 6.06. The topological polar surface area (TPSA) is 85.2 Å². The first kappa shape index (κ1) is 15.6. The first-order chi connectivity index (χ1) is 9.67. The van der Waals surface area contributed by atoms with Crippen LogP contribution in [-0.4, -0.2) is 17.6 Å². The van der Waals surface area contributed by atoms with E-state index in [0.29, 0.717) is 5.69 Å². The summed E-state index contributed by atoms with van der Waals surface area (Å²) >= 11 is 0. The lowest BCUT2D eigenvalue weighted by Crippen LogP contribution is -2.17. The second-order valence-electron chi connectivity index (χ2n) is 4.33. The van der Waals surface area contributed by atoms with Gasteiger partial charge in [-0.2, -0.15) is 5.26 Å². The van der Waals surface area contributed by atoms with Gasteiger partial charge < -0.3 is 15.7 Å². The van der Waals surface area contributed by atoms with Crippen molar-refractivity contribution in [2.45, 2.75) is 26.2 Å². The van der Waals surface area contributed by atoms with Gasteiger partial charge in [-0.15, -0.1) is 0 Å². The van der Waals surface area contributed by atoms with E-state index in [1.807, 2.05) is 6.07 Å². The number of amides is 1. The van der Waals surface area contributed by atoms with Gasteiger partial charge in [0.1, 0.15) is 17.4 Å². The van der Waals surface area contributed by atoms with E-state index in [-0.39, 0.29) is 11.3 Å². The number of hydrogen-bond donors (Lipinski definition) is 3. The van der Waals surface area contributed by atoms with E-state index >= 15 is 0 Å². The number of anilines is 1. The third-order valence-corrected chi connectivity index (χ3v) is 2.66. The van der Waals surface area contributed by atoms with Crippen LogP contribution in [0, 0.1) is 11.3 Å². The molecular formula is C15H19N3O2. The number of rotatable bonds is 7. The molecule has 106 valence electrons. The average Bonchev–Trinajstić information content (AvgIpc) is 2.45. The Labute approximate surface area is 118 Å². The molecule has 0 radical (unpaired) electrons. The van der Waals surface area contributed by atoms with Gasteiger partial charge in [-0.1, -0.05) is 19.8 Å². The standard InChI is InChI=1S/C15H19N3O2/c1-2-3-4-9-17-11-12(10-16)15(20)18-13-5-7-14(19)8-6-13/h5-8,11,17,19H,2-4,9H2,1H3,(H,18,20)/b12-11-. The molecule has 0 fully saturated rings. The van der Waals surface area contributed by atoms with Crippen LogP contribution in [0.25, 0.3) is 0 Å². The maximum atomic E-state index is 11.8. The summed E-state index contributed by atoms with van der Waals surface area (Å²) < 4.78 is 0. The molecule has 5 nitrogen and oxygen atoms in total. The fourth-order valence-corrected chi connectivity index (χ4v) is 1.54. The SMILES string of the molecule is CCCCCN/C=C(/C#N)C(=O)Nc1ccc(O)cc1. The Kier molecular flexibility index (Phi) is 6.69. The highest BCUT2D eigenvalue weighted by Gasteiger charge is 2.08. The molecule has 1 aromatic rings. The summed E-state index contributed by atoms with van der Waals surface area (Å²) in [7, 11) is 0. The van der Waals surface area contributed by atoms with E-state index in [1.165, 1.54) is 18.3 Å². The predicted octanol–water partition coefficient (Wildman–Crippen LogP) is 2.52. The van der Waals surface area contributed by atoms with Crippen molar-refractivity contribution in [2.24, 2.45) is 0 Å². The predicted molar refractivity (Wildman–Crippen MR) is 78.0 cm³/mol. The summed E-state index contributed by atoms with van der Waals surface area (Å²) in [6.45, 7) is 2.85. The fourth-order valence-electron chi connectivity index (χ4n) is 1.54. The van der Waals surface area contributed by atoms with E-state index in [1.54, 1.807) is 12.1 Å². The van der Waals surface area contributed by atoms with Gasteiger partial charge in [-0.25, -0.2) is 0 Å². The van der Waals surface area contributed by atoms with E-state index < -0.39 is 5.91 Å². The average molecular weight is 273 g/mol. The normalized spacial score (nSPS) is 10.7. The molecule has 0 saturated heterocycles. The zero-order valence-corrected chi connectivity index (χ0v) is 11.5. The monoisotopic (exact) mass is 273 g/mol. The van der Waals surface area contributed by atoms with Gasteiger partial charge in [0, 0.05) is 18.4 Å². The number of phenols is 1. The van der Waals surface area contributed by atoms with Crippen LogP contribution in [0.15, 0.2) is 36.0 Å². The zero-order valence-electron chi connectivity index (χ0n) is 11.5. The zero-order chi connectivity index (χ0) is 14.8. The Morgan fingerprint density at radius 3 is 2.65 bits per heavy atom. The van der Waals surface area contributed by atoms with Crippen LogP contribution in [0.1, 0.15) is 26.2 Å². The Morgan fingerprint density at radius 1 is 1.35 bits per heavy atom. The molecule has 1 aromatic carbocycles. The molecule has 0 saturated carbocycles. The highest BCUT2D eigenvalue weighted by atomic mass is 16.3. The molecule has 0 aliphatic heterocycles. The van der Waals surface area contributed by atoms with E-state index in [9.17, 15) is 4.79 Å². The van der Waals surface area contributed by atoms with Gasteiger partial charge in [-0.3, -0.25) is 4.79 Å². The molecule has 0 unspecified atom stereocenters. The maximum Gasteiger partial charge on any atom is 0.267 e. The molecule has 0 spiro atoms. The Hall–Kier alpha value is -2.48. The number of carbonyl (C=O) groups excluding carboxylic acids is 1. The Morgan fingerprint density at radius 2 is 2.05 bits per heavy atom. The number of carbonyl (C=O) groups is 1. The lowest BCUT2D eigenvalue weighted by atomic mass is 10.2. The third kappa shape index (κ3) is 5.44. The number of phenolic OH excluding ortho intramolecular Hbond substituents is 1. The van der Waals surface area contributed by atoms with Crippen molar-refractivity contribution in [3.8, 4) is 11.8 Å². The number of aromatic hydroxyl groups is 1. The number of hydrogen-bond acceptors (Lipinski definition) is 4. The number of benzene rings is 1. The summed E-state index contributed by atoms with van der Waals surface area (Å²) in [5.41, 5.74) is 0.550. The molecule has 0 aliphatic rings. The maximum absolute atomic E-state index is 11.8. The number of nitrogens with one attached hydrogen (secondary N) is 2. The highest BCUT2D eigenvalue weighted by Crippen LogP contribution is 2.14. The largest absolute Gasteiger partial charge is 0.508 e. The van der Waals surface area contributed by atoms with E-state index in [4.69, 9.17) is 10.4 Å². The molecule has 5 heteroatoms. The summed E-state index contributed by atoms with van der Waals surface area (Å²) in [6.07, 6.45) is 4.68. The van der Waals surface area contributed by atoms with Crippen molar-refractivity contribution in [1.82, 2.24) is 5.32 Å². The number of nitriles is 1. The van der Waals surface area contributed by atoms with Crippen LogP contribution in [0.2, 0.25) is 0 Å². The molecule has 0 bridgehead atoms. The van der Waals surface area contributed by atoms with Gasteiger partial charge in [0.15, 0.2) is 0 Å². The molecule has 3 N–H and O–H groups in total. The van der Waals surface area contributed by atoms with Crippen LogP contribution in [0.5, 0.6) is 5.75 Å². The van der Waals surface area contributed by atoms with Crippen LogP contribution < -0.4 is 10.6 Å². The molecule has 0 aromatic heterocycles. The lowest BCUT2D eigenvalue weighted by molar-refractivity contribution is -0.112.